The van der Waals surface area contributed by atoms with E-state index in [0.29, 0.717) is 18.7 Å². The largest absolute Gasteiger partial charge is 0.389 e. The van der Waals surface area contributed by atoms with Crippen LogP contribution in [0.1, 0.15) is 36.7 Å². The second-order valence-electron chi connectivity index (χ2n) is 5.68. The van der Waals surface area contributed by atoms with Gasteiger partial charge in [-0.05, 0) is 44.9 Å². The third kappa shape index (κ3) is 3.26. The molecule has 0 unspecified atom stereocenters. The van der Waals surface area contributed by atoms with Gasteiger partial charge in [0.15, 0.2) is 0 Å². The number of aliphatic hydroxyl groups is 1. The van der Waals surface area contributed by atoms with Crippen LogP contribution in [0.2, 0.25) is 0 Å². The Labute approximate surface area is 114 Å². The predicted octanol–water partition coefficient (Wildman–Crippen LogP) is 1.89. The van der Waals surface area contributed by atoms with Crippen molar-refractivity contribution in [2.75, 3.05) is 25.0 Å². The molecule has 0 bridgehead atoms. The molecule has 1 aliphatic heterocycles. The lowest BCUT2D eigenvalue weighted by molar-refractivity contribution is 0.0315. The van der Waals surface area contributed by atoms with Crippen LogP contribution in [0.15, 0.2) is 18.2 Å². The first-order valence-corrected chi connectivity index (χ1v) is 6.79. The molecule has 0 fully saturated rings. The van der Waals surface area contributed by atoms with Crippen LogP contribution in [-0.2, 0) is 6.42 Å². The predicted molar refractivity (Wildman–Crippen MR) is 76.5 cm³/mol. The third-order valence-electron chi connectivity index (χ3n) is 3.31. The van der Waals surface area contributed by atoms with Gasteiger partial charge in [-0.3, -0.25) is 4.79 Å². The molecule has 104 valence electrons. The number of carbonyl (C=O) groups is 1. The molecule has 1 heterocycles. The molecule has 0 radical (unpaired) electrons. The molecule has 0 atom stereocenters. The number of carbonyl (C=O) groups excluding carboxylic acids is 1. The summed E-state index contributed by atoms with van der Waals surface area (Å²) in [6, 6.07) is 5.80. The first kappa shape index (κ1) is 13.9. The van der Waals surface area contributed by atoms with Gasteiger partial charge >= 0.3 is 0 Å². The molecule has 19 heavy (non-hydrogen) atoms. The zero-order valence-electron chi connectivity index (χ0n) is 11.9. The summed E-state index contributed by atoms with van der Waals surface area (Å²) in [7, 11) is 0. The Morgan fingerprint density at radius 2 is 2.21 bits per heavy atom. The summed E-state index contributed by atoms with van der Waals surface area (Å²) in [5.74, 6) is -0.0267. The Hall–Kier alpha value is -1.55. The van der Waals surface area contributed by atoms with Crippen molar-refractivity contribution < 1.29 is 9.90 Å². The number of hydrogen-bond acceptors (Lipinski definition) is 3. The second-order valence-corrected chi connectivity index (χ2v) is 5.68. The highest BCUT2D eigenvalue weighted by Crippen LogP contribution is 2.24. The van der Waals surface area contributed by atoms with Crippen molar-refractivity contribution >= 4 is 11.6 Å². The van der Waals surface area contributed by atoms with Crippen LogP contribution in [-0.4, -0.2) is 41.1 Å². The molecule has 2 N–H and O–H groups in total. The third-order valence-corrected chi connectivity index (χ3v) is 3.31. The summed E-state index contributed by atoms with van der Waals surface area (Å²) in [6.45, 7) is 7.23. The van der Waals surface area contributed by atoms with E-state index in [9.17, 15) is 9.90 Å². The molecule has 0 aromatic heterocycles. The Morgan fingerprint density at radius 1 is 1.47 bits per heavy atom. The smallest absolute Gasteiger partial charge is 0.254 e. The van der Waals surface area contributed by atoms with Gasteiger partial charge in [0.2, 0.25) is 0 Å². The highest BCUT2D eigenvalue weighted by Gasteiger charge is 2.23. The van der Waals surface area contributed by atoms with E-state index in [4.69, 9.17) is 0 Å². The number of rotatable bonds is 4. The standard InChI is InChI=1S/C15H22N2O2/c1-4-17(10-15(2,3)19)14(18)12-6-5-11-7-8-16-13(11)9-12/h5-6,9,16,19H,4,7-8,10H2,1-3H3. The number of benzene rings is 1. The second kappa shape index (κ2) is 5.21. The molecule has 1 aromatic rings. The average molecular weight is 262 g/mol. The van der Waals surface area contributed by atoms with Crippen LogP contribution in [0.4, 0.5) is 5.69 Å². The Morgan fingerprint density at radius 3 is 2.84 bits per heavy atom. The molecule has 0 spiro atoms. The maximum atomic E-state index is 12.4. The normalized spacial score (nSPS) is 13.9. The summed E-state index contributed by atoms with van der Waals surface area (Å²) >= 11 is 0. The summed E-state index contributed by atoms with van der Waals surface area (Å²) in [6.07, 6.45) is 1.02. The van der Waals surface area contributed by atoms with Crippen molar-refractivity contribution in [3.05, 3.63) is 29.3 Å². The van der Waals surface area contributed by atoms with E-state index in [1.807, 2.05) is 25.1 Å². The SMILES string of the molecule is CCN(CC(C)(C)O)C(=O)c1ccc2c(c1)NCC2. The van der Waals surface area contributed by atoms with Crippen molar-refractivity contribution in [2.45, 2.75) is 32.8 Å². The van der Waals surface area contributed by atoms with Crippen LogP contribution >= 0.6 is 0 Å². The molecule has 2 rings (SSSR count). The van der Waals surface area contributed by atoms with Crippen molar-refractivity contribution in [3.8, 4) is 0 Å². The molecular formula is C15H22N2O2. The fraction of sp³-hybridized carbons (Fsp3) is 0.533. The van der Waals surface area contributed by atoms with E-state index in [1.165, 1.54) is 5.56 Å². The highest BCUT2D eigenvalue weighted by molar-refractivity contribution is 5.95. The van der Waals surface area contributed by atoms with Crippen LogP contribution in [0, 0.1) is 0 Å². The molecule has 0 aliphatic carbocycles. The van der Waals surface area contributed by atoms with Gasteiger partial charge in [-0.25, -0.2) is 0 Å². The van der Waals surface area contributed by atoms with Crippen molar-refractivity contribution in [1.29, 1.82) is 0 Å². The minimum absolute atomic E-state index is 0.0267. The average Bonchev–Trinajstić information content (AvgIpc) is 2.81. The van der Waals surface area contributed by atoms with Crippen LogP contribution in [0.25, 0.3) is 0 Å². The molecule has 0 saturated carbocycles. The number of likely N-dealkylation sites (N-methyl/N-ethyl adjacent to an activating group) is 1. The fourth-order valence-electron chi connectivity index (χ4n) is 2.40. The van der Waals surface area contributed by atoms with Gasteiger partial charge < -0.3 is 15.3 Å². The maximum absolute atomic E-state index is 12.4. The number of fused-ring (bicyclic) bond motifs is 1. The number of nitrogens with zero attached hydrogens (tertiary/aromatic N) is 1. The Bertz CT molecular complexity index is 478. The lowest BCUT2D eigenvalue weighted by Gasteiger charge is -2.28. The highest BCUT2D eigenvalue weighted by atomic mass is 16.3. The molecule has 1 aromatic carbocycles. The minimum Gasteiger partial charge on any atom is -0.389 e. The number of amides is 1. The molecular weight excluding hydrogens is 240 g/mol. The summed E-state index contributed by atoms with van der Waals surface area (Å²) in [4.78, 5) is 14.1. The van der Waals surface area contributed by atoms with E-state index in [-0.39, 0.29) is 5.91 Å². The maximum Gasteiger partial charge on any atom is 0.254 e. The monoisotopic (exact) mass is 262 g/mol. The first-order valence-electron chi connectivity index (χ1n) is 6.79. The lowest BCUT2D eigenvalue weighted by atomic mass is 10.1. The summed E-state index contributed by atoms with van der Waals surface area (Å²) < 4.78 is 0. The molecule has 4 nitrogen and oxygen atoms in total. The molecule has 1 aliphatic rings. The van der Waals surface area contributed by atoms with Gasteiger partial charge in [0.05, 0.1) is 5.60 Å². The number of anilines is 1. The first-order chi connectivity index (χ1) is 8.90. The van der Waals surface area contributed by atoms with Crippen molar-refractivity contribution in [1.82, 2.24) is 4.90 Å². The Balaban J connectivity index is 2.18. The fourth-order valence-corrected chi connectivity index (χ4v) is 2.40. The molecule has 1 amide bonds. The van der Waals surface area contributed by atoms with Crippen molar-refractivity contribution in [2.24, 2.45) is 0 Å². The van der Waals surface area contributed by atoms with Gasteiger partial charge in [-0.2, -0.15) is 0 Å². The topological polar surface area (TPSA) is 52.6 Å². The van der Waals surface area contributed by atoms with E-state index in [1.54, 1.807) is 18.7 Å². The zero-order chi connectivity index (χ0) is 14.0. The van der Waals surface area contributed by atoms with Gasteiger partial charge in [0, 0.05) is 30.9 Å². The number of nitrogens with one attached hydrogen (secondary N) is 1. The van der Waals surface area contributed by atoms with E-state index in [0.717, 1.165) is 18.7 Å². The minimum atomic E-state index is -0.874. The van der Waals surface area contributed by atoms with Crippen LogP contribution < -0.4 is 5.32 Å². The van der Waals surface area contributed by atoms with Crippen molar-refractivity contribution in [3.63, 3.8) is 0 Å². The van der Waals surface area contributed by atoms with Gasteiger partial charge in [-0.1, -0.05) is 6.07 Å². The van der Waals surface area contributed by atoms with Gasteiger partial charge in [0.1, 0.15) is 0 Å². The van der Waals surface area contributed by atoms with E-state index in [2.05, 4.69) is 5.32 Å². The van der Waals surface area contributed by atoms with Crippen LogP contribution in [0.5, 0.6) is 0 Å². The van der Waals surface area contributed by atoms with E-state index >= 15 is 0 Å². The molecule has 0 saturated heterocycles. The van der Waals surface area contributed by atoms with Gasteiger partial charge in [-0.15, -0.1) is 0 Å². The van der Waals surface area contributed by atoms with E-state index < -0.39 is 5.60 Å². The quantitative estimate of drug-likeness (QED) is 0.871. The summed E-state index contributed by atoms with van der Waals surface area (Å²) in [5, 5.41) is 13.1. The summed E-state index contributed by atoms with van der Waals surface area (Å²) in [5.41, 5.74) is 2.13. The lowest BCUT2D eigenvalue weighted by Crippen LogP contribution is -2.42. The van der Waals surface area contributed by atoms with Gasteiger partial charge in [0.25, 0.3) is 5.91 Å². The Kier molecular flexibility index (Phi) is 3.80. The van der Waals surface area contributed by atoms with Crippen LogP contribution in [0.3, 0.4) is 0 Å². The zero-order valence-corrected chi connectivity index (χ0v) is 11.9. The molecule has 4 heteroatoms. The number of hydrogen-bond donors (Lipinski definition) is 2.